The molecule has 1 atom stereocenters. The van der Waals surface area contributed by atoms with Gasteiger partial charge in [0.25, 0.3) is 12.2 Å². The van der Waals surface area contributed by atoms with Gasteiger partial charge in [0.05, 0.1) is 17.3 Å². The zero-order valence-electron chi connectivity index (χ0n) is 16.4. The van der Waals surface area contributed by atoms with Crippen LogP contribution in [0.1, 0.15) is 19.4 Å². The van der Waals surface area contributed by atoms with E-state index in [1.807, 2.05) is 37.6 Å². The third-order valence-electron chi connectivity index (χ3n) is 3.76. The van der Waals surface area contributed by atoms with Crippen molar-refractivity contribution in [2.75, 3.05) is 20.5 Å². The van der Waals surface area contributed by atoms with Crippen LogP contribution >= 0.6 is 11.8 Å². The smallest absolute Gasteiger partial charge is 0.290 e. The number of pyridine rings is 1. The predicted molar refractivity (Wildman–Crippen MR) is 107 cm³/mol. The number of nitrogens with zero attached hydrogens (tertiary/aromatic N) is 2. The fraction of sp³-hybridized carbons (Fsp3) is 0.421. The van der Waals surface area contributed by atoms with Crippen LogP contribution in [-0.2, 0) is 14.4 Å². The average Bonchev–Trinajstić information content (AvgIpc) is 2.63. The highest BCUT2D eigenvalue weighted by molar-refractivity contribution is 7.98. The fourth-order valence-corrected chi connectivity index (χ4v) is 2.89. The molecule has 0 saturated carbocycles. The van der Waals surface area contributed by atoms with E-state index in [2.05, 4.69) is 20.3 Å². The Morgan fingerprint density at radius 3 is 2.70 bits per heavy atom. The summed E-state index contributed by atoms with van der Waals surface area (Å²) in [5.41, 5.74) is 1.14. The Morgan fingerprint density at radius 2 is 2.07 bits per heavy atom. The number of ether oxygens (including phenoxy) is 2. The summed E-state index contributed by atoms with van der Waals surface area (Å²) in [6.07, 6.45) is 4.23. The largest absolute Gasteiger partial charge is 0.455 e. The Bertz CT molecular complexity index is 839. The molecule has 146 valence electrons. The third-order valence-corrected chi connectivity index (χ3v) is 4.45. The number of rotatable bonds is 8. The lowest BCUT2D eigenvalue weighted by Crippen LogP contribution is -2.51. The number of carbonyl (C=O) groups is 1. The van der Waals surface area contributed by atoms with Gasteiger partial charge >= 0.3 is 0 Å². The van der Waals surface area contributed by atoms with Crippen LogP contribution in [0, 0.1) is 6.92 Å². The van der Waals surface area contributed by atoms with Gasteiger partial charge in [-0.2, -0.15) is 0 Å². The van der Waals surface area contributed by atoms with Gasteiger partial charge in [0, 0.05) is 23.6 Å². The summed E-state index contributed by atoms with van der Waals surface area (Å²) in [7, 11) is 2.86. The molecule has 2 aromatic rings. The first-order valence-electron chi connectivity index (χ1n) is 8.33. The SMILES string of the molecule is CON=CC(C)(C)NC(=O)C(OC)Oc1cc(C)c2ncc(SC)cc2c1. The quantitative estimate of drug-likeness (QED) is 0.322. The molecule has 1 amide bonds. The molecule has 1 heterocycles. The number of fused-ring (bicyclic) bond motifs is 1. The number of methoxy groups -OCH3 is 1. The van der Waals surface area contributed by atoms with E-state index in [9.17, 15) is 4.79 Å². The lowest BCUT2D eigenvalue weighted by atomic mass is 10.1. The van der Waals surface area contributed by atoms with Gasteiger partial charge in [-0.05, 0) is 50.8 Å². The minimum Gasteiger partial charge on any atom is -0.455 e. The van der Waals surface area contributed by atoms with Crippen LogP contribution < -0.4 is 10.1 Å². The van der Waals surface area contributed by atoms with Gasteiger partial charge in [-0.1, -0.05) is 5.16 Å². The Morgan fingerprint density at radius 1 is 1.33 bits per heavy atom. The van der Waals surface area contributed by atoms with E-state index in [0.717, 1.165) is 21.4 Å². The fourth-order valence-electron chi connectivity index (χ4n) is 2.48. The van der Waals surface area contributed by atoms with Crippen LogP contribution in [0.2, 0.25) is 0 Å². The second-order valence-corrected chi connectivity index (χ2v) is 7.38. The highest BCUT2D eigenvalue weighted by Crippen LogP contribution is 2.27. The van der Waals surface area contributed by atoms with Crippen molar-refractivity contribution in [3.05, 3.63) is 30.0 Å². The van der Waals surface area contributed by atoms with Crippen LogP contribution in [0.15, 0.2) is 34.4 Å². The number of amides is 1. The summed E-state index contributed by atoms with van der Waals surface area (Å²) in [6.45, 7) is 5.53. The van der Waals surface area contributed by atoms with Crippen molar-refractivity contribution < 1.29 is 19.1 Å². The number of hydrogen-bond acceptors (Lipinski definition) is 7. The molecule has 7 nitrogen and oxygen atoms in total. The third kappa shape index (κ3) is 5.58. The van der Waals surface area contributed by atoms with Crippen molar-refractivity contribution in [2.45, 2.75) is 37.5 Å². The van der Waals surface area contributed by atoms with Crippen molar-refractivity contribution >= 4 is 34.8 Å². The Kier molecular flexibility index (Phi) is 7.04. The second kappa shape index (κ2) is 9.05. The molecule has 8 heteroatoms. The first kappa shape index (κ1) is 21.0. The Hall–Kier alpha value is -2.32. The van der Waals surface area contributed by atoms with Crippen molar-refractivity contribution in [3.63, 3.8) is 0 Å². The van der Waals surface area contributed by atoms with Gasteiger partial charge < -0.3 is 19.6 Å². The van der Waals surface area contributed by atoms with E-state index in [4.69, 9.17) is 9.47 Å². The van der Waals surface area contributed by atoms with E-state index in [0.29, 0.717) is 5.75 Å². The van der Waals surface area contributed by atoms with Gasteiger partial charge in [-0.15, -0.1) is 11.8 Å². The monoisotopic (exact) mass is 391 g/mol. The molecular formula is C19H25N3O4S. The molecule has 1 aromatic heterocycles. The number of carbonyl (C=O) groups excluding carboxylic acids is 1. The molecule has 0 aliphatic carbocycles. The standard InChI is InChI=1S/C19H25N3O4S/c1-12-7-14(8-13-9-15(27-6)10-20-16(12)13)26-18(24-4)17(23)22-19(2,3)11-21-25-5/h7-11,18H,1-6H3,(H,22,23). The second-order valence-electron chi connectivity index (χ2n) is 6.50. The molecule has 0 spiro atoms. The number of oxime groups is 1. The normalized spacial score (nSPS) is 13.0. The first-order valence-corrected chi connectivity index (χ1v) is 9.55. The summed E-state index contributed by atoms with van der Waals surface area (Å²) in [5.74, 6) is 0.115. The number of hydrogen-bond donors (Lipinski definition) is 1. The van der Waals surface area contributed by atoms with Crippen molar-refractivity contribution in [2.24, 2.45) is 5.16 Å². The number of nitrogens with one attached hydrogen (secondary N) is 1. The van der Waals surface area contributed by atoms with E-state index in [1.54, 1.807) is 25.6 Å². The van der Waals surface area contributed by atoms with Gasteiger partial charge in [0.1, 0.15) is 12.9 Å². The van der Waals surface area contributed by atoms with Gasteiger partial charge in [0.15, 0.2) is 0 Å². The number of thioether (sulfide) groups is 1. The van der Waals surface area contributed by atoms with Crippen LogP contribution in [-0.4, -0.2) is 49.4 Å². The topological polar surface area (TPSA) is 82.0 Å². The van der Waals surface area contributed by atoms with Gasteiger partial charge in [-0.3, -0.25) is 9.78 Å². The zero-order chi connectivity index (χ0) is 20.0. The number of aryl methyl sites for hydroxylation is 1. The molecule has 0 radical (unpaired) electrons. The summed E-state index contributed by atoms with van der Waals surface area (Å²) >= 11 is 1.62. The summed E-state index contributed by atoms with van der Waals surface area (Å²) in [4.78, 5) is 22.7. The van der Waals surface area contributed by atoms with Crippen LogP contribution in [0.3, 0.4) is 0 Å². The molecule has 0 fully saturated rings. The molecule has 0 aliphatic heterocycles. The zero-order valence-corrected chi connectivity index (χ0v) is 17.2. The highest BCUT2D eigenvalue weighted by atomic mass is 32.2. The summed E-state index contributed by atoms with van der Waals surface area (Å²) in [5, 5.41) is 7.44. The van der Waals surface area contributed by atoms with Gasteiger partial charge in [-0.25, -0.2) is 0 Å². The summed E-state index contributed by atoms with van der Waals surface area (Å²) in [6, 6.07) is 5.73. The maximum Gasteiger partial charge on any atom is 0.290 e. The van der Waals surface area contributed by atoms with Crippen LogP contribution in [0.25, 0.3) is 10.9 Å². The lowest BCUT2D eigenvalue weighted by molar-refractivity contribution is -0.149. The molecule has 0 bridgehead atoms. The van der Waals surface area contributed by atoms with Crippen LogP contribution in [0.4, 0.5) is 0 Å². The molecule has 2 rings (SSSR count). The minimum absolute atomic E-state index is 0.418. The number of benzene rings is 1. The molecule has 1 unspecified atom stereocenters. The van der Waals surface area contributed by atoms with Crippen LogP contribution in [0.5, 0.6) is 5.75 Å². The van der Waals surface area contributed by atoms with Gasteiger partial charge in [0.2, 0.25) is 0 Å². The molecular weight excluding hydrogens is 366 g/mol. The first-order chi connectivity index (χ1) is 12.8. The summed E-state index contributed by atoms with van der Waals surface area (Å²) < 4.78 is 11.0. The molecule has 1 N–H and O–H groups in total. The molecule has 0 saturated heterocycles. The van der Waals surface area contributed by atoms with E-state index in [-0.39, 0.29) is 0 Å². The minimum atomic E-state index is -1.10. The number of aromatic nitrogens is 1. The molecule has 1 aromatic carbocycles. The van der Waals surface area contributed by atoms with E-state index < -0.39 is 17.7 Å². The Labute approximate surface area is 163 Å². The van der Waals surface area contributed by atoms with E-state index >= 15 is 0 Å². The maximum absolute atomic E-state index is 12.5. The maximum atomic E-state index is 12.5. The molecule has 27 heavy (non-hydrogen) atoms. The molecule has 0 aliphatic rings. The van der Waals surface area contributed by atoms with Crippen molar-refractivity contribution in [3.8, 4) is 5.75 Å². The Balaban J connectivity index is 2.22. The predicted octanol–water partition coefficient (Wildman–Crippen LogP) is 3.14. The average molecular weight is 391 g/mol. The highest BCUT2D eigenvalue weighted by Gasteiger charge is 2.26. The van der Waals surface area contributed by atoms with Crippen molar-refractivity contribution in [1.82, 2.24) is 10.3 Å². The lowest BCUT2D eigenvalue weighted by Gasteiger charge is -2.24. The van der Waals surface area contributed by atoms with Crippen molar-refractivity contribution in [1.29, 1.82) is 0 Å². The van der Waals surface area contributed by atoms with E-state index in [1.165, 1.54) is 20.4 Å².